The number of anilines is 1. The number of carbonyl (C=O) groups excluding carboxylic acids is 1. The van der Waals surface area contributed by atoms with Gasteiger partial charge < -0.3 is 5.32 Å². The Kier molecular flexibility index (Phi) is 6.74. The smallest absolute Gasteiger partial charge is 0.244 e. The Morgan fingerprint density at radius 3 is 2.19 bits per heavy atom. The molecule has 1 N–H and O–H groups in total. The van der Waals surface area contributed by atoms with Crippen LogP contribution in [-0.4, -0.2) is 25.6 Å². The summed E-state index contributed by atoms with van der Waals surface area (Å²) in [5, 5.41) is 4.84. The van der Waals surface area contributed by atoms with Gasteiger partial charge in [-0.25, -0.2) is 13.4 Å². The zero-order valence-corrected chi connectivity index (χ0v) is 19.6. The van der Waals surface area contributed by atoms with Crippen LogP contribution < -0.4 is 5.32 Å². The van der Waals surface area contributed by atoms with E-state index in [4.69, 9.17) is 0 Å². The SMILES string of the molecule is CS(=O)(=O)c1ccc(-c2csc(NC(=O)C(Sc3ccccc3)c3ccccc3)n2)cc1. The Balaban J connectivity index is 1.53. The summed E-state index contributed by atoms with van der Waals surface area (Å²) >= 11 is 2.81. The number of thiazole rings is 1. The van der Waals surface area contributed by atoms with Gasteiger partial charge >= 0.3 is 0 Å². The molecule has 0 aliphatic carbocycles. The molecule has 0 saturated heterocycles. The van der Waals surface area contributed by atoms with Gasteiger partial charge in [-0.15, -0.1) is 23.1 Å². The fourth-order valence-electron chi connectivity index (χ4n) is 3.04. The highest BCUT2D eigenvalue weighted by Crippen LogP contribution is 2.36. The number of benzene rings is 3. The second kappa shape index (κ2) is 9.68. The van der Waals surface area contributed by atoms with Crippen molar-refractivity contribution in [2.45, 2.75) is 15.0 Å². The van der Waals surface area contributed by atoms with Gasteiger partial charge in [0.2, 0.25) is 5.91 Å². The molecule has 0 bridgehead atoms. The van der Waals surface area contributed by atoms with E-state index in [0.717, 1.165) is 16.0 Å². The van der Waals surface area contributed by atoms with Crippen LogP contribution in [0.2, 0.25) is 0 Å². The number of nitrogens with one attached hydrogen (secondary N) is 1. The molecule has 0 fully saturated rings. The molecule has 1 amide bonds. The molecule has 4 rings (SSSR count). The van der Waals surface area contributed by atoms with Crippen LogP contribution in [0.15, 0.2) is 100 Å². The topological polar surface area (TPSA) is 76.1 Å². The Morgan fingerprint density at radius 2 is 1.56 bits per heavy atom. The van der Waals surface area contributed by atoms with Crippen molar-refractivity contribution in [1.82, 2.24) is 4.98 Å². The van der Waals surface area contributed by atoms with E-state index in [1.54, 1.807) is 24.3 Å². The Bertz CT molecular complexity index is 1300. The maximum absolute atomic E-state index is 13.2. The standard InChI is InChI=1S/C24H20N2O3S3/c1-32(28,29)20-14-12-17(13-15-20)21-16-30-24(25-21)26-23(27)22(18-8-4-2-5-9-18)31-19-10-6-3-7-11-19/h2-16,22H,1H3,(H,25,26,27). The van der Waals surface area contributed by atoms with Crippen LogP contribution in [-0.2, 0) is 14.6 Å². The third-order valence-electron chi connectivity index (χ3n) is 4.65. The lowest BCUT2D eigenvalue weighted by Gasteiger charge is -2.16. The fourth-order valence-corrected chi connectivity index (χ4v) is 5.44. The number of sulfone groups is 1. The molecule has 1 aromatic heterocycles. The quantitative estimate of drug-likeness (QED) is 0.344. The van der Waals surface area contributed by atoms with Crippen molar-refractivity contribution >= 4 is 44.0 Å². The van der Waals surface area contributed by atoms with E-state index in [-0.39, 0.29) is 10.8 Å². The predicted octanol–water partition coefficient (Wildman–Crippen LogP) is 5.69. The molecule has 0 saturated carbocycles. The van der Waals surface area contributed by atoms with Gasteiger partial charge in [-0.05, 0) is 29.8 Å². The lowest BCUT2D eigenvalue weighted by molar-refractivity contribution is -0.115. The number of hydrogen-bond donors (Lipinski definition) is 1. The highest BCUT2D eigenvalue weighted by molar-refractivity contribution is 8.00. The van der Waals surface area contributed by atoms with Gasteiger partial charge in [0.05, 0.1) is 10.6 Å². The van der Waals surface area contributed by atoms with Gasteiger partial charge in [-0.3, -0.25) is 4.79 Å². The summed E-state index contributed by atoms with van der Waals surface area (Å²) in [6.45, 7) is 0. The van der Waals surface area contributed by atoms with Crippen LogP contribution in [0.3, 0.4) is 0 Å². The van der Waals surface area contributed by atoms with Crippen molar-refractivity contribution in [3.05, 3.63) is 95.9 Å². The molecule has 1 heterocycles. The maximum Gasteiger partial charge on any atom is 0.244 e. The monoisotopic (exact) mass is 480 g/mol. The second-order valence-corrected chi connectivity index (χ2v) is 11.1. The number of thioether (sulfide) groups is 1. The van der Waals surface area contributed by atoms with E-state index in [1.165, 1.54) is 29.4 Å². The molecule has 0 radical (unpaired) electrons. The van der Waals surface area contributed by atoms with Crippen molar-refractivity contribution in [2.75, 3.05) is 11.6 Å². The van der Waals surface area contributed by atoms with E-state index in [1.807, 2.05) is 66.0 Å². The number of aromatic nitrogens is 1. The number of rotatable bonds is 7. The maximum atomic E-state index is 13.2. The minimum atomic E-state index is -3.25. The zero-order valence-electron chi connectivity index (χ0n) is 17.1. The van der Waals surface area contributed by atoms with Crippen LogP contribution in [0.25, 0.3) is 11.3 Å². The minimum Gasteiger partial charge on any atom is -0.301 e. The largest absolute Gasteiger partial charge is 0.301 e. The Labute approximate surface area is 195 Å². The molecule has 0 aliphatic rings. The number of hydrogen-bond acceptors (Lipinski definition) is 6. The van der Waals surface area contributed by atoms with Gasteiger partial charge in [0, 0.05) is 22.1 Å². The average molecular weight is 481 g/mol. The first kappa shape index (κ1) is 22.3. The predicted molar refractivity (Wildman–Crippen MR) is 131 cm³/mol. The van der Waals surface area contributed by atoms with E-state index < -0.39 is 15.1 Å². The van der Waals surface area contributed by atoms with E-state index in [2.05, 4.69) is 10.3 Å². The lowest BCUT2D eigenvalue weighted by atomic mass is 10.1. The fraction of sp³-hybridized carbons (Fsp3) is 0.0833. The normalized spacial score (nSPS) is 12.3. The van der Waals surface area contributed by atoms with Crippen LogP contribution in [0.4, 0.5) is 5.13 Å². The molecule has 162 valence electrons. The van der Waals surface area contributed by atoms with Gasteiger partial charge in [-0.2, -0.15) is 0 Å². The molecule has 1 atom stereocenters. The number of nitrogens with zero attached hydrogens (tertiary/aromatic N) is 1. The lowest BCUT2D eigenvalue weighted by Crippen LogP contribution is -2.18. The average Bonchev–Trinajstić information content (AvgIpc) is 3.26. The summed E-state index contributed by atoms with van der Waals surface area (Å²) in [5.41, 5.74) is 2.37. The minimum absolute atomic E-state index is 0.154. The van der Waals surface area contributed by atoms with Crippen LogP contribution in [0, 0.1) is 0 Å². The summed E-state index contributed by atoms with van der Waals surface area (Å²) in [7, 11) is -3.25. The van der Waals surface area contributed by atoms with Crippen LogP contribution >= 0.6 is 23.1 Å². The van der Waals surface area contributed by atoms with E-state index >= 15 is 0 Å². The van der Waals surface area contributed by atoms with Crippen molar-refractivity contribution in [3.63, 3.8) is 0 Å². The highest BCUT2D eigenvalue weighted by atomic mass is 32.2. The van der Waals surface area contributed by atoms with E-state index in [9.17, 15) is 13.2 Å². The molecular formula is C24H20N2O3S3. The molecule has 0 aliphatic heterocycles. The van der Waals surface area contributed by atoms with Gasteiger partial charge in [0.25, 0.3) is 0 Å². The van der Waals surface area contributed by atoms with Crippen molar-refractivity contribution in [2.24, 2.45) is 0 Å². The van der Waals surface area contributed by atoms with E-state index in [0.29, 0.717) is 10.8 Å². The van der Waals surface area contributed by atoms with Crippen molar-refractivity contribution in [3.8, 4) is 11.3 Å². The third kappa shape index (κ3) is 5.45. The zero-order chi connectivity index (χ0) is 22.6. The summed E-state index contributed by atoms with van der Waals surface area (Å²) in [5.74, 6) is -0.154. The van der Waals surface area contributed by atoms with Gasteiger partial charge in [0.15, 0.2) is 15.0 Å². The summed E-state index contributed by atoms with van der Waals surface area (Å²) < 4.78 is 23.3. The molecule has 8 heteroatoms. The molecule has 3 aromatic carbocycles. The third-order valence-corrected chi connectivity index (χ3v) is 7.80. The number of carbonyl (C=O) groups is 1. The first-order valence-electron chi connectivity index (χ1n) is 9.74. The van der Waals surface area contributed by atoms with Crippen molar-refractivity contribution in [1.29, 1.82) is 0 Å². The highest BCUT2D eigenvalue weighted by Gasteiger charge is 2.23. The summed E-state index contributed by atoms with van der Waals surface area (Å²) in [6, 6.07) is 26.0. The van der Waals surface area contributed by atoms with Crippen LogP contribution in [0.5, 0.6) is 0 Å². The molecule has 5 nitrogen and oxygen atoms in total. The molecular weight excluding hydrogens is 460 g/mol. The summed E-state index contributed by atoms with van der Waals surface area (Å²) in [6.07, 6.45) is 1.18. The first-order chi connectivity index (χ1) is 15.4. The van der Waals surface area contributed by atoms with Crippen LogP contribution in [0.1, 0.15) is 10.8 Å². The van der Waals surface area contributed by atoms with Crippen molar-refractivity contribution < 1.29 is 13.2 Å². The van der Waals surface area contributed by atoms with Gasteiger partial charge in [0.1, 0.15) is 5.25 Å². The Hall–Kier alpha value is -2.94. The van der Waals surface area contributed by atoms with Gasteiger partial charge in [-0.1, -0.05) is 60.7 Å². The molecule has 0 spiro atoms. The summed E-state index contributed by atoms with van der Waals surface area (Å²) in [4.78, 5) is 19.0. The molecule has 1 unspecified atom stereocenters. The Morgan fingerprint density at radius 1 is 0.938 bits per heavy atom. The molecule has 4 aromatic rings. The number of amides is 1. The first-order valence-corrected chi connectivity index (χ1v) is 13.4. The molecule has 32 heavy (non-hydrogen) atoms. The second-order valence-electron chi connectivity index (χ2n) is 7.05.